The van der Waals surface area contributed by atoms with Crippen molar-refractivity contribution in [3.05, 3.63) is 76.5 Å². The van der Waals surface area contributed by atoms with Crippen molar-refractivity contribution >= 4 is 69.8 Å². The molecule has 1 fully saturated rings. The van der Waals surface area contributed by atoms with E-state index in [0.717, 1.165) is 37.6 Å². The fraction of sp³-hybridized carbons (Fsp3) is 0.222. The Morgan fingerprint density at radius 1 is 1.03 bits per heavy atom. The number of nitrogens with one attached hydrogen (secondary N) is 2. The molecule has 0 aliphatic carbocycles. The van der Waals surface area contributed by atoms with E-state index in [4.69, 9.17) is 39.8 Å². The number of halogens is 2. The molecule has 2 amide bonds. The molecule has 7 nitrogen and oxygen atoms in total. The van der Waals surface area contributed by atoms with Gasteiger partial charge in [-0.05, 0) is 72.9 Å². The molecule has 1 aliphatic heterocycles. The van der Waals surface area contributed by atoms with E-state index < -0.39 is 5.91 Å². The van der Waals surface area contributed by atoms with Crippen molar-refractivity contribution < 1.29 is 14.0 Å². The molecule has 3 aromatic rings. The molecule has 2 N–H and O–H groups in total. The molecule has 10 heteroatoms. The summed E-state index contributed by atoms with van der Waals surface area (Å²) in [6.45, 7) is 4.93. The van der Waals surface area contributed by atoms with Crippen LogP contribution in [0.1, 0.15) is 19.1 Å². The van der Waals surface area contributed by atoms with Gasteiger partial charge >= 0.3 is 0 Å². The van der Waals surface area contributed by atoms with Gasteiger partial charge in [0, 0.05) is 60.6 Å². The number of carbonyl (C=O) groups excluding carboxylic acids is 2. The van der Waals surface area contributed by atoms with Gasteiger partial charge in [0.25, 0.3) is 0 Å². The predicted octanol–water partition coefficient (Wildman–Crippen LogP) is 5.84. The van der Waals surface area contributed by atoms with Gasteiger partial charge < -0.3 is 19.5 Å². The normalized spacial score (nSPS) is 13.6. The average Bonchev–Trinajstić information content (AvgIpc) is 3.36. The van der Waals surface area contributed by atoms with E-state index in [1.807, 2.05) is 36.1 Å². The molecule has 4 rings (SSSR count). The first-order valence-electron chi connectivity index (χ1n) is 11.8. The number of hydrogen-bond acceptors (Lipinski definition) is 5. The SMILES string of the molecule is CCC(=O)N1CCN(c2ccc(NC(=S)NC(=O)/C=C/c3ccc(-c4ccc(Cl)cc4Cl)o3)cc2)CC1. The summed E-state index contributed by atoms with van der Waals surface area (Å²) < 4.78 is 5.76. The molecule has 1 aromatic heterocycles. The Kier molecular flexibility index (Phi) is 8.87. The Bertz CT molecular complexity index is 1320. The van der Waals surface area contributed by atoms with Crippen LogP contribution in [0.15, 0.2) is 65.1 Å². The van der Waals surface area contributed by atoms with Crippen molar-refractivity contribution in [3.8, 4) is 11.3 Å². The summed E-state index contributed by atoms with van der Waals surface area (Å²) in [5.74, 6) is 0.863. The highest BCUT2D eigenvalue weighted by atomic mass is 35.5. The molecule has 0 radical (unpaired) electrons. The number of amides is 2. The molecule has 0 bridgehead atoms. The Morgan fingerprint density at radius 2 is 1.76 bits per heavy atom. The number of benzene rings is 2. The first-order valence-corrected chi connectivity index (χ1v) is 13.0. The Hall–Kier alpha value is -3.33. The van der Waals surface area contributed by atoms with E-state index in [-0.39, 0.29) is 11.0 Å². The van der Waals surface area contributed by atoms with Crippen molar-refractivity contribution in [2.45, 2.75) is 13.3 Å². The van der Waals surface area contributed by atoms with Crippen LogP contribution in [0.5, 0.6) is 0 Å². The Balaban J connectivity index is 1.26. The second-order valence-electron chi connectivity index (χ2n) is 8.37. The summed E-state index contributed by atoms with van der Waals surface area (Å²) in [7, 11) is 0. The van der Waals surface area contributed by atoms with Crippen LogP contribution in [-0.4, -0.2) is 48.0 Å². The average molecular weight is 558 g/mol. The second-order valence-corrected chi connectivity index (χ2v) is 9.62. The van der Waals surface area contributed by atoms with Gasteiger partial charge in [0.2, 0.25) is 11.8 Å². The minimum absolute atomic E-state index is 0.183. The third kappa shape index (κ3) is 7.13. The number of piperazine rings is 1. The molecule has 192 valence electrons. The predicted molar refractivity (Wildman–Crippen MR) is 153 cm³/mol. The molecular formula is C27H26Cl2N4O3S. The summed E-state index contributed by atoms with van der Waals surface area (Å²) in [6, 6.07) is 16.4. The van der Waals surface area contributed by atoms with Crippen molar-refractivity contribution in [3.63, 3.8) is 0 Å². The monoisotopic (exact) mass is 556 g/mol. The molecule has 0 saturated carbocycles. The van der Waals surface area contributed by atoms with Crippen molar-refractivity contribution in [1.29, 1.82) is 0 Å². The zero-order valence-electron chi connectivity index (χ0n) is 20.2. The molecule has 1 aliphatic rings. The van der Waals surface area contributed by atoms with Crippen LogP contribution in [0.4, 0.5) is 11.4 Å². The second kappa shape index (κ2) is 12.3. The van der Waals surface area contributed by atoms with Gasteiger partial charge in [0.1, 0.15) is 11.5 Å². The number of furan rings is 1. The number of carbonyl (C=O) groups is 2. The highest BCUT2D eigenvalue weighted by molar-refractivity contribution is 7.80. The zero-order valence-corrected chi connectivity index (χ0v) is 22.5. The molecule has 0 spiro atoms. The quantitative estimate of drug-likeness (QED) is 0.293. The Labute approximate surface area is 231 Å². The van der Waals surface area contributed by atoms with E-state index in [0.29, 0.717) is 33.6 Å². The number of anilines is 2. The lowest BCUT2D eigenvalue weighted by molar-refractivity contribution is -0.131. The third-order valence-electron chi connectivity index (χ3n) is 5.88. The summed E-state index contributed by atoms with van der Waals surface area (Å²) in [5.41, 5.74) is 2.54. The van der Waals surface area contributed by atoms with Gasteiger partial charge in [-0.25, -0.2) is 0 Å². The zero-order chi connectivity index (χ0) is 26.4. The third-order valence-corrected chi connectivity index (χ3v) is 6.64. The van der Waals surface area contributed by atoms with Crippen molar-refractivity contribution in [1.82, 2.24) is 10.2 Å². The van der Waals surface area contributed by atoms with E-state index in [9.17, 15) is 9.59 Å². The molecule has 2 aromatic carbocycles. The van der Waals surface area contributed by atoms with Crippen molar-refractivity contribution in [2.24, 2.45) is 0 Å². The lowest BCUT2D eigenvalue weighted by Gasteiger charge is -2.36. The smallest absolute Gasteiger partial charge is 0.250 e. The lowest BCUT2D eigenvalue weighted by Crippen LogP contribution is -2.48. The van der Waals surface area contributed by atoms with Gasteiger partial charge in [0.15, 0.2) is 5.11 Å². The van der Waals surface area contributed by atoms with Crippen molar-refractivity contribution in [2.75, 3.05) is 36.4 Å². The fourth-order valence-electron chi connectivity index (χ4n) is 3.94. The maximum atomic E-state index is 12.3. The van der Waals surface area contributed by atoms with Crippen LogP contribution in [-0.2, 0) is 9.59 Å². The van der Waals surface area contributed by atoms with E-state index in [2.05, 4.69) is 15.5 Å². The van der Waals surface area contributed by atoms with Crippen LogP contribution in [0.2, 0.25) is 10.0 Å². The first-order chi connectivity index (χ1) is 17.8. The van der Waals surface area contributed by atoms with Gasteiger partial charge in [-0.15, -0.1) is 0 Å². The van der Waals surface area contributed by atoms with Crippen LogP contribution in [0.3, 0.4) is 0 Å². The molecule has 0 atom stereocenters. The fourth-order valence-corrected chi connectivity index (χ4v) is 4.66. The largest absolute Gasteiger partial charge is 0.457 e. The molecule has 1 saturated heterocycles. The topological polar surface area (TPSA) is 77.8 Å². The first kappa shape index (κ1) is 26.7. The van der Waals surface area contributed by atoms with E-state index in [1.165, 1.54) is 6.08 Å². The maximum absolute atomic E-state index is 12.3. The molecule has 37 heavy (non-hydrogen) atoms. The molecule has 2 heterocycles. The summed E-state index contributed by atoms with van der Waals surface area (Å²) in [6.07, 6.45) is 3.43. The number of rotatable bonds is 6. The highest BCUT2D eigenvalue weighted by Gasteiger charge is 2.20. The Morgan fingerprint density at radius 3 is 2.43 bits per heavy atom. The van der Waals surface area contributed by atoms with Crippen LogP contribution in [0, 0.1) is 0 Å². The lowest BCUT2D eigenvalue weighted by atomic mass is 10.2. The number of thiocarbonyl (C=S) groups is 1. The summed E-state index contributed by atoms with van der Waals surface area (Å²) in [5, 5.41) is 6.83. The van der Waals surface area contributed by atoms with Gasteiger partial charge in [-0.2, -0.15) is 0 Å². The number of hydrogen-bond donors (Lipinski definition) is 2. The number of nitrogens with zero attached hydrogens (tertiary/aromatic N) is 2. The standard InChI is InChI=1S/C27H26Cl2N4O3S/c1-2-26(35)33-15-13-32(14-16-33)20-6-4-19(5-7-20)30-27(37)31-25(34)12-9-21-8-11-24(36-21)22-10-3-18(28)17-23(22)29/h3-12,17H,2,13-16H2,1H3,(H2,30,31,34,37)/b12-9+. The van der Waals surface area contributed by atoms with E-state index in [1.54, 1.807) is 36.4 Å². The van der Waals surface area contributed by atoms with Crippen LogP contribution < -0.4 is 15.5 Å². The summed E-state index contributed by atoms with van der Waals surface area (Å²) >= 11 is 17.4. The van der Waals surface area contributed by atoms with Gasteiger partial charge in [-0.3, -0.25) is 14.9 Å². The van der Waals surface area contributed by atoms with E-state index >= 15 is 0 Å². The molecule has 0 unspecified atom stereocenters. The van der Waals surface area contributed by atoms with Gasteiger partial charge in [-0.1, -0.05) is 30.1 Å². The highest BCUT2D eigenvalue weighted by Crippen LogP contribution is 2.31. The van der Waals surface area contributed by atoms with Crippen LogP contribution in [0.25, 0.3) is 17.4 Å². The van der Waals surface area contributed by atoms with Crippen LogP contribution >= 0.6 is 35.4 Å². The maximum Gasteiger partial charge on any atom is 0.250 e. The van der Waals surface area contributed by atoms with Gasteiger partial charge in [0.05, 0.1) is 5.02 Å². The summed E-state index contributed by atoms with van der Waals surface area (Å²) in [4.78, 5) is 28.3. The minimum atomic E-state index is -0.393. The minimum Gasteiger partial charge on any atom is -0.457 e. The molecular weight excluding hydrogens is 531 g/mol.